The molecule has 0 aliphatic heterocycles. The van der Waals surface area contributed by atoms with E-state index in [1.54, 1.807) is 24.3 Å². The Morgan fingerprint density at radius 3 is 2.42 bits per heavy atom. The first kappa shape index (κ1) is 19.4. The van der Waals surface area contributed by atoms with Crippen LogP contribution in [0.25, 0.3) is 0 Å². The highest BCUT2D eigenvalue weighted by Crippen LogP contribution is 2.24. The first-order chi connectivity index (χ1) is 12.4. The van der Waals surface area contributed by atoms with Crippen LogP contribution < -0.4 is 15.4 Å². The number of amides is 1. The summed E-state index contributed by atoms with van der Waals surface area (Å²) in [4.78, 5) is 23.9. The zero-order valence-electron chi connectivity index (χ0n) is 14.7. The molecule has 0 atom stereocenters. The fourth-order valence-corrected chi connectivity index (χ4v) is 2.36. The Morgan fingerprint density at radius 2 is 1.73 bits per heavy atom. The normalized spacial score (nSPS) is 10.2. The van der Waals surface area contributed by atoms with E-state index in [-0.39, 0.29) is 16.8 Å². The van der Waals surface area contributed by atoms with Gasteiger partial charge in [0.05, 0.1) is 24.5 Å². The Bertz CT molecular complexity index is 821. The molecule has 0 bridgehead atoms. The van der Waals surface area contributed by atoms with Gasteiger partial charge >= 0.3 is 5.97 Å². The molecule has 0 fully saturated rings. The van der Waals surface area contributed by atoms with E-state index in [1.165, 1.54) is 13.2 Å². The third-order valence-corrected chi connectivity index (χ3v) is 3.47. The van der Waals surface area contributed by atoms with E-state index in [0.717, 1.165) is 0 Å². The fourth-order valence-electron chi connectivity index (χ4n) is 2.16. The molecule has 26 heavy (non-hydrogen) atoms. The van der Waals surface area contributed by atoms with Crippen LogP contribution in [0.15, 0.2) is 48.5 Å². The van der Waals surface area contributed by atoms with Crippen LogP contribution in [-0.4, -0.2) is 30.2 Å². The topological polar surface area (TPSA) is 76.7 Å². The average molecular weight is 372 g/mol. The molecule has 2 rings (SSSR count). The molecule has 0 heterocycles. The second-order valence-electron chi connectivity index (χ2n) is 5.64. The van der Waals surface area contributed by atoms with Crippen molar-refractivity contribution in [3.63, 3.8) is 0 Å². The van der Waals surface area contributed by atoms with Gasteiger partial charge in [0, 0.05) is 5.56 Å². The molecule has 0 spiro atoms. The lowest BCUT2D eigenvalue weighted by atomic mass is 10.1. The van der Waals surface area contributed by atoms with Crippen molar-refractivity contribution in [1.82, 2.24) is 5.32 Å². The van der Waals surface area contributed by atoms with Crippen molar-refractivity contribution in [2.24, 2.45) is 0 Å². The summed E-state index contributed by atoms with van der Waals surface area (Å²) in [5.41, 5.74) is 1.23. The van der Waals surface area contributed by atoms with E-state index < -0.39 is 11.9 Å². The van der Waals surface area contributed by atoms with Crippen LogP contribution in [0, 0.1) is 0 Å². The molecular formula is C19H20N2O4S. The molecule has 0 aromatic heterocycles. The molecule has 0 unspecified atom stereocenters. The zero-order chi connectivity index (χ0) is 19.1. The number of rotatable bonds is 5. The fraction of sp³-hybridized carbons (Fsp3) is 0.211. The smallest absolute Gasteiger partial charge is 0.337 e. The Kier molecular flexibility index (Phi) is 6.68. The second-order valence-corrected chi connectivity index (χ2v) is 6.05. The van der Waals surface area contributed by atoms with Gasteiger partial charge in [-0.3, -0.25) is 10.1 Å². The van der Waals surface area contributed by atoms with Crippen molar-refractivity contribution in [3.8, 4) is 5.75 Å². The number of esters is 1. The van der Waals surface area contributed by atoms with Crippen LogP contribution in [0.4, 0.5) is 5.69 Å². The number of methoxy groups -OCH3 is 1. The number of hydrogen-bond acceptors (Lipinski definition) is 5. The molecule has 7 heteroatoms. The maximum atomic E-state index is 12.3. The van der Waals surface area contributed by atoms with Gasteiger partial charge in [0.1, 0.15) is 5.75 Å². The van der Waals surface area contributed by atoms with Crippen molar-refractivity contribution in [2.45, 2.75) is 20.0 Å². The van der Waals surface area contributed by atoms with Gasteiger partial charge in [-0.15, -0.1) is 0 Å². The van der Waals surface area contributed by atoms with E-state index in [1.807, 2.05) is 32.0 Å². The maximum Gasteiger partial charge on any atom is 0.337 e. The number of carbonyl (C=O) groups is 2. The highest BCUT2D eigenvalue weighted by Gasteiger charge is 2.13. The van der Waals surface area contributed by atoms with Crippen LogP contribution in [0.5, 0.6) is 5.75 Å². The summed E-state index contributed by atoms with van der Waals surface area (Å²) in [6.45, 7) is 3.84. The minimum Gasteiger partial charge on any atom is -0.489 e. The van der Waals surface area contributed by atoms with E-state index in [2.05, 4.69) is 15.4 Å². The molecule has 0 saturated carbocycles. The summed E-state index contributed by atoms with van der Waals surface area (Å²) < 4.78 is 10.4. The Morgan fingerprint density at radius 1 is 1.04 bits per heavy atom. The molecule has 6 nitrogen and oxygen atoms in total. The van der Waals surface area contributed by atoms with E-state index in [4.69, 9.17) is 17.0 Å². The Balaban J connectivity index is 2.07. The first-order valence-electron chi connectivity index (χ1n) is 7.97. The second kappa shape index (κ2) is 8.96. The minimum absolute atomic E-state index is 0.00201. The molecule has 0 saturated heterocycles. The maximum absolute atomic E-state index is 12.3. The quantitative estimate of drug-likeness (QED) is 0.619. The predicted molar refractivity (Wildman–Crippen MR) is 104 cm³/mol. The lowest BCUT2D eigenvalue weighted by Crippen LogP contribution is -2.34. The van der Waals surface area contributed by atoms with Crippen molar-refractivity contribution >= 4 is 34.9 Å². The van der Waals surface area contributed by atoms with Gasteiger partial charge in [0.25, 0.3) is 5.91 Å². The van der Waals surface area contributed by atoms with Gasteiger partial charge in [-0.1, -0.05) is 18.2 Å². The van der Waals surface area contributed by atoms with E-state index in [0.29, 0.717) is 17.0 Å². The number of hydrogen-bond donors (Lipinski definition) is 2. The summed E-state index contributed by atoms with van der Waals surface area (Å²) in [7, 11) is 1.28. The van der Waals surface area contributed by atoms with Crippen molar-refractivity contribution in [3.05, 3.63) is 59.7 Å². The number of para-hydroxylation sites is 2. The monoisotopic (exact) mass is 372 g/mol. The zero-order valence-corrected chi connectivity index (χ0v) is 15.6. The standard InChI is InChI=1S/C19H20N2O4S/c1-12(2)25-16-10-5-4-9-15(16)20-19(26)21-17(22)13-7-6-8-14(11-13)18(23)24-3/h4-12H,1-3H3,(H2,20,21,22,26). The van der Waals surface area contributed by atoms with Crippen LogP contribution in [0.3, 0.4) is 0 Å². The Hall–Kier alpha value is -2.93. The summed E-state index contributed by atoms with van der Waals surface area (Å²) in [5.74, 6) is -0.317. The van der Waals surface area contributed by atoms with Crippen LogP contribution in [0.2, 0.25) is 0 Å². The van der Waals surface area contributed by atoms with Gasteiger partial charge < -0.3 is 14.8 Å². The number of thiocarbonyl (C=S) groups is 1. The van der Waals surface area contributed by atoms with Crippen molar-refractivity contribution in [2.75, 3.05) is 12.4 Å². The molecule has 0 radical (unpaired) electrons. The highest BCUT2D eigenvalue weighted by atomic mass is 32.1. The highest BCUT2D eigenvalue weighted by molar-refractivity contribution is 7.80. The molecule has 136 valence electrons. The molecule has 0 aliphatic rings. The van der Waals surface area contributed by atoms with Gasteiger partial charge in [-0.2, -0.15) is 0 Å². The predicted octanol–water partition coefficient (Wildman–Crippen LogP) is 3.39. The van der Waals surface area contributed by atoms with Gasteiger partial charge in [-0.05, 0) is 56.4 Å². The lowest BCUT2D eigenvalue weighted by Gasteiger charge is -2.16. The number of carbonyl (C=O) groups excluding carboxylic acids is 2. The third-order valence-electron chi connectivity index (χ3n) is 3.27. The number of benzene rings is 2. The van der Waals surface area contributed by atoms with E-state index >= 15 is 0 Å². The summed E-state index contributed by atoms with van der Waals surface area (Å²) >= 11 is 5.20. The van der Waals surface area contributed by atoms with Crippen molar-refractivity contribution < 1.29 is 19.1 Å². The van der Waals surface area contributed by atoms with Gasteiger partial charge in [0.2, 0.25) is 0 Å². The molecule has 2 aromatic rings. The summed E-state index contributed by atoms with van der Waals surface area (Å²) in [5, 5.41) is 5.65. The molecule has 2 aromatic carbocycles. The summed E-state index contributed by atoms with van der Waals surface area (Å²) in [6, 6.07) is 13.5. The molecule has 0 aliphatic carbocycles. The lowest BCUT2D eigenvalue weighted by molar-refractivity contribution is 0.0600. The largest absolute Gasteiger partial charge is 0.489 e. The van der Waals surface area contributed by atoms with Crippen LogP contribution in [0.1, 0.15) is 34.6 Å². The molecule has 1 amide bonds. The first-order valence-corrected chi connectivity index (χ1v) is 8.38. The average Bonchev–Trinajstić information content (AvgIpc) is 2.62. The number of nitrogens with one attached hydrogen (secondary N) is 2. The summed E-state index contributed by atoms with van der Waals surface area (Å²) in [6.07, 6.45) is 0.00201. The van der Waals surface area contributed by atoms with Gasteiger partial charge in [0.15, 0.2) is 5.11 Å². The number of anilines is 1. The van der Waals surface area contributed by atoms with Crippen LogP contribution >= 0.6 is 12.2 Å². The van der Waals surface area contributed by atoms with Crippen LogP contribution in [-0.2, 0) is 4.74 Å². The van der Waals surface area contributed by atoms with Gasteiger partial charge in [-0.25, -0.2) is 4.79 Å². The minimum atomic E-state index is -0.514. The third kappa shape index (κ3) is 5.29. The molecule has 2 N–H and O–H groups in total. The Labute approximate surface area is 157 Å². The molecular weight excluding hydrogens is 352 g/mol. The van der Waals surface area contributed by atoms with E-state index in [9.17, 15) is 9.59 Å². The number of ether oxygens (including phenoxy) is 2. The van der Waals surface area contributed by atoms with Crippen molar-refractivity contribution in [1.29, 1.82) is 0 Å². The SMILES string of the molecule is COC(=O)c1cccc(C(=O)NC(=S)Nc2ccccc2OC(C)C)c1.